The second-order valence-electron chi connectivity index (χ2n) is 23.9. The highest BCUT2D eigenvalue weighted by atomic mass is 16.3. The third-order valence-corrected chi connectivity index (χ3v) is 18.5. The standard InChI is InChI=1S/C90H60N2O/c1-3-19-63(20-4-1)81-54-55-82(86-32-12-11-31-85(81)86)67-42-50-75(51-43-67)92(74-48-40-66(41-49-74)80-34-17-25-64-23-9-10-30-79(64)80)78-29-16-27-71(60-78)70-26-15-28-77(59-70)91(73-46-38-62(39-47-73)72-37-36-61-18-7-8-24-69(61)58-72)76-52-44-68(45-53-76)83-56-57-84(65-21-5-2-6-22-65)90-89(83)87-33-13-14-35-88(87)93-90/h1-60H. The average Bonchev–Trinajstić information content (AvgIpc) is 1.79. The van der Waals surface area contributed by atoms with Crippen LogP contribution in [-0.4, -0.2) is 0 Å². The first-order valence-corrected chi connectivity index (χ1v) is 31.9. The molecule has 0 fully saturated rings. The van der Waals surface area contributed by atoms with E-state index in [-0.39, 0.29) is 0 Å². The van der Waals surface area contributed by atoms with Crippen LogP contribution < -0.4 is 9.80 Å². The monoisotopic (exact) mass is 1180 g/mol. The van der Waals surface area contributed by atoms with E-state index < -0.39 is 0 Å². The minimum atomic E-state index is 0.876. The number of nitrogens with zero attached hydrogens (tertiary/aromatic N) is 2. The van der Waals surface area contributed by atoms with Crippen molar-refractivity contribution in [1.82, 2.24) is 0 Å². The molecule has 0 radical (unpaired) electrons. The zero-order valence-electron chi connectivity index (χ0n) is 50.9. The fourth-order valence-corrected chi connectivity index (χ4v) is 13.9. The molecule has 16 aromatic carbocycles. The lowest BCUT2D eigenvalue weighted by atomic mass is 9.92. The second-order valence-corrected chi connectivity index (χ2v) is 23.9. The Balaban J connectivity index is 0.759. The molecule has 0 saturated carbocycles. The summed E-state index contributed by atoms with van der Waals surface area (Å²) in [6, 6.07) is 132. The Kier molecular flexibility index (Phi) is 13.9. The number of fused-ring (bicyclic) bond motifs is 6. The highest BCUT2D eigenvalue weighted by Gasteiger charge is 2.21. The SMILES string of the molecule is c1ccc(-c2ccc(-c3ccc(N(c4ccc(-c5cccc6ccccc56)cc4)c4cccc(-c5cccc(N(c6ccc(-c7ccc8ccccc8c7)cc6)c6ccc(-c7ccc(-c8ccccc8)c8oc9ccccc9c78)cc6)c5)c4)cc3)c3ccccc23)cc1. The first kappa shape index (κ1) is 54.8. The van der Waals surface area contributed by atoms with Crippen molar-refractivity contribution in [3.8, 4) is 77.9 Å². The van der Waals surface area contributed by atoms with Gasteiger partial charge in [0.15, 0.2) is 0 Å². The van der Waals surface area contributed by atoms with Crippen LogP contribution in [-0.2, 0) is 0 Å². The van der Waals surface area contributed by atoms with Gasteiger partial charge in [0.1, 0.15) is 11.2 Å². The largest absolute Gasteiger partial charge is 0.455 e. The molecule has 1 heterocycles. The number of benzene rings is 16. The average molecular weight is 1190 g/mol. The van der Waals surface area contributed by atoms with Gasteiger partial charge in [-0.1, -0.05) is 273 Å². The molecule has 0 aliphatic heterocycles. The fraction of sp³-hybridized carbons (Fsp3) is 0. The summed E-state index contributed by atoms with van der Waals surface area (Å²) >= 11 is 0. The molecule has 1 aromatic heterocycles. The van der Waals surface area contributed by atoms with E-state index in [2.05, 4.69) is 368 Å². The first-order valence-electron chi connectivity index (χ1n) is 31.9. The predicted molar refractivity (Wildman–Crippen MR) is 394 cm³/mol. The van der Waals surface area contributed by atoms with Crippen molar-refractivity contribution in [2.45, 2.75) is 0 Å². The number of anilines is 6. The lowest BCUT2D eigenvalue weighted by Crippen LogP contribution is -2.10. The molecule has 0 aliphatic rings. The number of hydrogen-bond donors (Lipinski definition) is 0. The Hall–Kier alpha value is -12.3. The minimum Gasteiger partial charge on any atom is -0.455 e. The van der Waals surface area contributed by atoms with Crippen LogP contribution in [0.5, 0.6) is 0 Å². The molecule has 3 heteroatoms. The van der Waals surface area contributed by atoms with Crippen molar-refractivity contribution in [2.24, 2.45) is 0 Å². The van der Waals surface area contributed by atoms with Gasteiger partial charge in [0, 0.05) is 50.5 Å². The van der Waals surface area contributed by atoms with Crippen molar-refractivity contribution >= 4 is 88.4 Å². The lowest BCUT2D eigenvalue weighted by Gasteiger charge is -2.27. The summed E-state index contributed by atoms with van der Waals surface area (Å²) in [7, 11) is 0. The van der Waals surface area contributed by atoms with Crippen molar-refractivity contribution in [3.63, 3.8) is 0 Å². The van der Waals surface area contributed by atoms with Crippen LogP contribution >= 0.6 is 0 Å². The summed E-state index contributed by atoms with van der Waals surface area (Å²) in [4.78, 5) is 4.77. The summed E-state index contributed by atoms with van der Waals surface area (Å²) in [5.41, 5.74) is 24.3. The molecule has 0 unspecified atom stereocenters. The number of para-hydroxylation sites is 1. The summed E-state index contributed by atoms with van der Waals surface area (Å²) in [5.74, 6) is 0. The van der Waals surface area contributed by atoms with Gasteiger partial charge in [-0.15, -0.1) is 0 Å². The van der Waals surface area contributed by atoms with E-state index in [1.165, 1.54) is 65.7 Å². The van der Waals surface area contributed by atoms with E-state index >= 15 is 0 Å². The maximum Gasteiger partial charge on any atom is 0.143 e. The predicted octanol–water partition coefficient (Wildman–Crippen LogP) is 25.7. The van der Waals surface area contributed by atoms with Crippen LogP contribution in [0, 0.1) is 0 Å². The van der Waals surface area contributed by atoms with E-state index in [0.29, 0.717) is 0 Å². The highest BCUT2D eigenvalue weighted by molar-refractivity contribution is 6.16. The molecule has 0 spiro atoms. The van der Waals surface area contributed by atoms with Gasteiger partial charge in [0.2, 0.25) is 0 Å². The number of furan rings is 1. The summed E-state index contributed by atoms with van der Waals surface area (Å²) in [6.07, 6.45) is 0. The Bertz CT molecular complexity index is 5590. The van der Waals surface area contributed by atoms with E-state index in [1.54, 1.807) is 0 Å². The van der Waals surface area contributed by atoms with Gasteiger partial charge in [-0.05, 0) is 196 Å². The maximum atomic E-state index is 6.72. The van der Waals surface area contributed by atoms with Gasteiger partial charge in [-0.25, -0.2) is 0 Å². The van der Waals surface area contributed by atoms with Crippen LogP contribution in [0.2, 0.25) is 0 Å². The van der Waals surface area contributed by atoms with Gasteiger partial charge >= 0.3 is 0 Å². The quantitative estimate of drug-likeness (QED) is 0.115. The van der Waals surface area contributed by atoms with Crippen LogP contribution in [0.3, 0.4) is 0 Å². The topological polar surface area (TPSA) is 19.6 Å². The van der Waals surface area contributed by atoms with Gasteiger partial charge < -0.3 is 14.2 Å². The van der Waals surface area contributed by atoms with Gasteiger partial charge in [-0.2, -0.15) is 0 Å². The van der Waals surface area contributed by atoms with Crippen molar-refractivity contribution in [1.29, 1.82) is 0 Å². The third-order valence-electron chi connectivity index (χ3n) is 18.5. The molecule has 17 rings (SSSR count). The molecule has 0 amide bonds. The summed E-state index contributed by atoms with van der Waals surface area (Å²) < 4.78 is 6.72. The normalized spacial score (nSPS) is 11.4. The Morgan fingerprint density at radius 3 is 1.12 bits per heavy atom. The Morgan fingerprint density at radius 2 is 0.548 bits per heavy atom. The fourth-order valence-electron chi connectivity index (χ4n) is 13.9. The van der Waals surface area contributed by atoms with Crippen molar-refractivity contribution < 1.29 is 4.42 Å². The molecule has 93 heavy (non-hydrogen) atoms. The molecular weight excluding hydrogens is 1130 g/mol. The molecule has 0 saturated heterocycles. The lowest BCUT2D eigenvalue weighted by molar-refractivity contribution is 0.670. The Labute approximate surface area is 541 Å². The maximum absolute atomic E-state index is 6.72. The molecule has 0 aliphatic carbocycles. The smallest absolute Gasteiger partial charge is 0.143 e. The number of rotatable bonds is 13. The first-order chi connectivity index (χ1) is 46.1. The van der Waals surface area contributed by atoms with E-state index in [9.17, 15) is 0 Å². The molecule has 0 N–H and O–H groups in total. The van der Waals surface area contributed by atoms with Crippen LogP contribution in [0.4, 0.5) is 34.1 Å². The van der Waals surface area contributed by atoms with E-state index in [1.807, 2.05) is 6.07 Å². The van der Waals surface area contributed by atoms with Crippen molar-refractivity contribution in [3.05, 3.63) is 364 Å². The molecule has 17 aromatic rings. The molecule has 436 valence electrons. The highest BCUT2D eigenvalue weighted by Crippen LogP contribution is 2.46. The summed E-state index contributed by atoms with van der Waals surface area (Å²) in [6.45, 7) is 0. The van der Waals surface area contributed by atoms with Crippen LogP contribution in [0.25, 0.3) is 132 Å². The molecular formula is C90H60N2O. The van der Waals surface area contributed by atoms with Crippen molar-refractivity contribution in [2.75, 3.05) is 9.80 Å². The third kappa shape index (κ3) is 10.2. The van der Waals surface area contributed by atoms with E-state index in [4.69, 9.17) is 4.42 Å². The van der Waals surface area contributed by atoms with E-state index in [0.717, 1.165) is 101 Å². The van der Waals surface area contributed by atoms with Gasteiger partial charge in [0.05, 0.1) is 0 Å². The van der Waals surface area contributed by atoms with Crippen LogP contribution in [0.1, 0.15) is 0 Å². The second kappa shape index (κ2) is 23.6. The number of hydrogen-bond acceptors (Lipinski definition) is 3. The summed E-state index contributed by atoms with van der Waals surface area (Å²) in [5, 5.41) is 9.60. The van der Waals surface area contributed by atoms with Gasteiger partial charge in [0.25, 0.3) is 0 Å². The molecule has 3 nitrogen and oxygen atoms in total. The van der Waals surface area contributed by atoms with Gasteiger partial charge in [-0.3, -0.25) is 0 Å². The molecule has 0 bridgehead atoms. The molecule has 0 atom stereocenters. The van der Waals surface area contributed by atoms with Crippen LogP contribution in [0.15, 0.2) is 368 Å². The Morgan fingerprint density at radius 1 is 0.183 bits per heavy atom. The minimum absolute atomic E-state index is 0.876. The zero-order chi connectivity index (χ0) is 61.6. The zero-order valence-corrected chi connectivity index (χ0v) is 50.9.